The largest absolute Gasteiger partial charge is 0.508 e. The van der Waals surface area contributed by atoms with Crippen LogP contribution in [0, 0.1) is 6.92 Å². The molecule has 0 aliphatic heterocycles. The van der Waals surface area contributed by atoms with Crippen LogP contribution in [0.2, 0.25) is 0 Å². The Morgan fingerprint density at radius 2 is 2.20 bits per heavy atom. The summed E-state index contributed by atoms with van der Waals surface area (Å²) in [6, 6.07) is 6.19. The molecule has 104 valence electrons. The molecule has 6 nitrogen and oxygen atoms in total. The highest BCUT2D eigenvalue weighted by Crippen LogP contribution is 2.25. The average molecular weight is 274 g/mol. The molecule has 6 heteroatoms. The lowest BCUT2D eigenvalue weighted by atomic mass is 10.0. The quantitative estimate of drug-likeness (QED) is 0.830. The predicted octanol–water partition coefficient (Wildman–Crippen LogP) is 1.63. The summed E-state index contributed by atoms with van der Waals surface area (Å²) in [6.07, 6.45) is 0. The normalized spacial score (nSPS) is 10.3. The maximum atomic E-state index is 12.0. The van der Waals surface area contributed by atoms with Gasteiger partial charge >= 0.3 is 11.7 Å². The second-order valence-corrected chi connectivity index (χ2v) is 4.16. The molecule has 20 heavy (non-hydrogen) atoms. The third-order valence-electron chi connectivity index (χ3n) is 2.72. The molecule has 0 aliphatic rings. The number of nitrogens with one attached hydrogen (secondary N) is 1. The van der Waals surface area contributed by atoms with E-state index in [0.717, 1.165) is 0 Å². The zero-order valence-electron chi connectivity index (χ0n) is 11.1. The zero-order chi connectivity index (χ0) is 14.7. The van der Waals surface area contributed by atoms with Gasteiger partial charge in [-0.1, -0.05) is 12.1 Å². The number of phenols is 1. The number of carbonyl (C=O) groups is 1. The van der Waals surface area contributed by atoms with Crippen molar-refractivity contribution >= 4 is 5.97 Å². The van der Waals surface area contributed by atoms with Crippen LogP contribution in [-0.2, 0) is 4.74 Å². The summed E-state index contributed by atoms with van der Waals surface area (Å²) in [6.45, 7) is 3.51. The molecule has 2 rings (SSSR count). The van der Waals surface area contributed by atoms with Crippen molar-refractivity contribution in [2.45, 2.75) is 13.8 Å². The summed E-state index contributed by atoms with van der Waals surface area (Å²) in [4.78, 5) is 29.8. The van der Waals surface area contributed by atoms with Gasteiger partial charge in [0.2, 0.25) is 0 Å². The Kier molecular flexibility index (Phi) is 3.84. The van der Waals surface area contributed by atoms with Gasteiger partial charge in [0.15, 0.2) is 0 Å². The number of esters is 1. The van der Waals surface area contributed by atoms with E-state index in [9.17, 15) is 14.7 Å². The first-order valence-corrected chi connectivity index (χ1v) is 6.10. The van der Waals surface area contributed by atoms with Gasteiger partial charge in [-0.3, -0.25) is 0 Å². The number of nitrogens with zero attached hydrogens (tertiary/aromatic N) is 1. The third-order valence-corrected chi connectivity index (χ3v) is 2.72. The second kappa shape index (κ2) is 5.56. The number of hydrogen-bond acceptors (Lipinski definition) is 5. The van der Waals surface area contributed by atoms with Crippen molar-refractivity contribution in [1.29, 1.82) is 0 Å². The highest BCUT2D eigenvalue weighted by molar-refractivity contribution is 5.97. The monoisotopic (exact) mass is 274 g/mol. The number of H-pyrrole nitrogens is 1. The van der Waals surface area contributed by atoms with Crippen molar-refractivity contribution < 1.29 is 14.6 Å². The van der Waals surface area contributed by atoms with E-state index in [1.165, 1.54) is 12.1 Å². The number of aryl methyl sites for hydroxylation is 1. The minimum absolute atomic E-state index is 0.0250. The summed E-state index contributed by atoms with van der Waals surface area (Å²) in [5, 5.41) is 9.52. The van der Waals surface area contributed by atoms with Crippen LogP contribution in [0.5, 0.6) is 5.75 Å². The Bertz CT molecular complexity index is 707. The fourth-order valence-electron chi connectivity index (χ4n) is 1.90. The van der Waals surface area contributed by atoms with E-state index in [0.29, 0.717) is 11.3 Å². The molecule has 1 aromatic carbocycles. The summed E-state index contributed by atoms with van der Waals surface area (Å²) in [5.41, 5.74) is 0.676. The number of aromatic hydroxyl groups is 1. The maximum Gasteiger partial charge on any atom is 0.345 e. The van der Waals surface area contributed by atoms with Crippen LogP contribution in [0.1, 0.15) is 23.0 Å². The highest BCUT2D eigenvalue weighted by atomic mass is 16.5. The van der Waals surface area contributed by atoms with Gasteiger partial charge in [0, 0.05) is 11.3 Å². The number of aromatic amines is 1. The molecule has 1 heterocycles. The molecule has 2 N–H and O–H groups in total. The number of ether oxygens (including phenoxy) is 1. The van der Waals surface area contributed by atoms with Crippen LogP contribution in [-0.4, -0.2) is 27.7 Å². The summed E-state index contributed by atoms with van der Waals surface area (Å²) < 4.78 is 4.98. The molecule has 0 fully saturated rings. The smallest absolute Gasteiger partial charge is 0.345 e. The Balaban J connectivity index is 2.68. The number of rotatable bonds is 3. The molecule has 0 saturated heterocycles. The molecule has 0 unspecified atom stereocenters. The fraction of sp³-hybridized carbons (Fsp3) is 0.214. The average Bonchev–Trinajstić information content (AvgIpc) is 2.37. The number of aromatic nitrogens is 2. The Hall–Kier alpha value is -2.63. The Morgan fingerprint density at radius 1 is 1.45 bits per heavy atom. The van der Waals surface area contributed by atoms with Gasteiger partial charge in [0.1, 0.15) is 11.3 Å². The van der Waals surface area contributed by atoms with Crippen molar-refractivity contribution in [2.24, 2.45) is 0 Å². The Labute approximate surface area is 115 Å². The maximum absolute atomic E-state index is 12.0. The van der Waals surface area contributed by atoms with Crippen LogP contribution in [0.15, 0.2) is 29.1 Å². The van der Waals surface area contributed by atoms with Crippen molar-refractivity contribution in [2.75, 3.05) is 6.61 Å². The lowest BCUT2D eigenvalue weighted by Gasteiger charge is -2.10. The number of hydrogen-bond donors (Lipinski definition) is 2. The zero-order valence-corrected chi connectivity index (χ0v) is 11.1. The van der Waals surface area contributed by atoms with Gasteiger partial charge in [0.25, 0.3) is 0 Å². The number of phenolic OH excluding ortho intramolecular Hbond substituents is 1. The van der Waals surface area contributed by atoms with Crippen LogP contribution < -0.4 is 5.69 Å². The SMILES string of the molecule is CCOC(=O)c1c(-c2cccc(O)c2)nc(=O)[nH]c1C. The number of benzene rings is 1. The first-order valence-electron chi connectivity index (χ1n) is 6.10. The molecule has 0 radical (unpaired) electrons. The van der Waals surface area contributed by atoms with Crippen LogP contribution in [0.3, 0.4) is 0 Å². The van der Waals surface area contributed by atoms with Crippen molar-refractivity contribution in [3.8, 4) is 17.0 Å². The highest BCUT2D eigenvalue weighted by Gasteiger charge is 2.20. The van der Waals surface area contributed by atoms with E-state index >= 15 is 0 Å². The van der Waals surface area contributed by atoms with Crippen molar-refractivity contribution in [3.63, 3.8) is 0 Å². The molecule has 0 aliphatic carbocycles. The van der Waals surface area contributed by atoms with E-state index < -0.39 is 11.7 Å². The van der Waals surface area contributed by atoms with E-state index in [1.807, 2.05) is 0 Å². The minimum Gasteiger partial charge on any atom is -0.508 e. The van der Waals surface area contributed by atoms with E-state index in [4.69, 9.17) is 4.74 Å². The van der Waals surface area contributed by atoms with E-state index in [2.05, 4.69) is 9.97 Å². The molecule has 1 aromatic heterocycles. The molecule has 0 spiro atoms. The van der Waals surface area contributed by atoms with E-state index in [1.54, 1.807) is 26.0 Å². The topological polar surface area (TPSA) is 92.3 Å². The Morgan fingerprint density at radius 3 is 2.85 bits per heavy atom. The van der Waals surface area contributed by atoms with Gasteiger partial charge in [-0.15, -0.1) is 0 Å². The molecular formula is C14H14N2O4. The lowest BCUT2D eigenvalue weighted by molar-refractivity contribution is 0.0525. The summed E-state index contributed by atoms with van der Waals surface area (Å²) in [5.74, 6) is -0.538. The van der Waals surface area contributed by atoms with Crippen LogP contribution in [0.25, 0.3) is 11.3 Å². The van der Waals surface area contributed by atoms with Crippen molar-refractivity contribution in [1.82, 2.24) is 9.97 Å². The molecule has 2 aromatic rings. The second-order valence-electron chi connectivity index (χ2n) is 4.16. The van der Waals surface area contributed by atoms with Crippen LogP contribution >= 0.6 is 0 Å². The van der Waals surface area contributed by atoms with Gasteiger partial charge in [-0.25, -0.2) is 9.59 Å². The molecular weight excluding hydrogens is 260 g/mol. The number of carbonyl (C=O) groups excluding carboxylic acids is 1. The fourth-order valence-corrected chi connectivity index (χ4v) is 1.90. The predicted molar refractivity (Wildman–Crippen MR) is 72.7 cm³/mol. The summed E-state index contributed by atoms with van der Waals surface area (Å²) in [7, 11) is 0. The van der Waals surface area contributed by atoms with Gasteiger partial charge in [0.05, 0.1) is 12.3 Å². The lowest BCUT2D eigenvalue weighted by Crippen LogP contribution is -2.19. The third kappa shape index (κ3) is 2.69. The molecule has 0 atom stereocenters. The van der Waals surface area contributed by atoms with Gasteiger partial charge < -0.3 is 14.8 Å². The van der Waals surface area contributed by atoms with E-state index in [-0.39, 0.29) is 23.6 Å². The van der Waals surface area contributed by atoms with Crippen LogP contribution in [0.4, 0.5) is 0 Å². The van der Waals surface area contributed by atoms with Gasteiger partial charge in [-0.05, 0) is 26.0 Å². The minimum atomic E-state index is -0.563. The van der Waals surface area contributed by atoms with Gasteiger partial charge in [-0.2, -0.15) is 4.98 Å². The molecule has 0 bridgehead atoms. The molecule has 0 amide bonds. The first kappa shape index (κ1) is 13.8. The van der Waals surface area contributed by atoms with Crippen molar-refractivity contribution in [3.05, 3.63) is 46.0 Å². The first-order chi connectivity index (χ1) is 9.52. The standard InChI is InChI=1S/C14H14N2O4/c1-3-20-13(18)11-8(2)15-14(19)16-12(11)9-5-4-6-10(17)7-9/h4-7,17H,3H2,1-2H3,(H,15,16,19). The summed E-state index contributed by atoms with van der Waals surface area (Å²) >= 11 is 0. The molecule has 0 saturated carbocycles.